The highest BCUT2D eigenvalue weighted by molar-refractivity contribution is 7.92. The number of sulfone groups is 1. The molecule has 0 unspecified atom stereocenters. The molecule has 7 heteroatoms. The van der Waals surface area contributed by atoms with Crippen LogP contribution in [0.5, 0.6) is 0 Å². The summed E-state index contributed by atoms with van der Waals surface area (Å²) in [5.74, 6) is 2.48. The van der Waals surface area contributed by atoms with Gasteiger partial charge in [0.1, 0.15) is 16.5 Å². The molecule has 5 rings (SSSR count). The van der Waals surface area contributed by atoms with E-state index in [2.05, 4.69) is 22.4 Å². The van der Waals surface area contributed by atoms with E-state index in [9.17, 15) is 8.42 Å². The van der Waals surface area contributed by atoms with Gasteiger partial charge in [0.05, 0.1) is 16.4 Å². The lowest BCUT2D eigenvalue weighted by atomic mass is 10.1. The third kappa shape index (κ3) is 3.20. The average molecular weight is 414 g/mol. The number of fused-ring (bicyclic) bond motifs is 1. The Hall–Kier alpha value is -1.99. The normalized spacial score (nSPS) is 22.3. The average Bonchev–Trinajstić information content (AvgIpc) is 3.48. The van der Waals surface area contributed by atoms with Gasteiger partial charge in [-0.1, -0.05) is 30.3 Å². The molecule has 0 bridgehead atoms. The van der Waals surface area contributed by atoms with Crippen molar-refractivity contribution in [1.82, 2.24) is 9.97 Å². The molecule has 146 valence electrons. The van der Waals surface area contributed by atoms with Crippen LogP contribution in [-0.4, -0.2) is 42.5 Å². The van der Waals surface area contributed by atoms with Crippen LogP contribution in [0.3, 0.4) is 0 Å². The number of aromatic nitrogens is 2. The molecule has 0 N–H and O–H groups in total. The SMILES string of the molecule is C[C@@H]1CCN(c2nc(C3CC3)nc3scc(-c4ccccc4)c23)CCS1(=O)=O. The topological polar surface area (TPSA) is 63.2 Å². The van der Waals surface area contributed by atoms with Crippen LogP contribution in [0.25, 0.3) is 21.3 Å². The Morgan fingerprint density at radius 2 is 1.86 bits per heavy atom. The Labute approximate surface area is 169 Å². The van der Waals surface area contributed by atoms with Crippen LogP contribution >= 0.6 is 11.3 Å². The molecular formula is C21H23N3O2S2. The minimum Gasteiger partial charge on any atom is -0.355 e. The fraction of sp³-hybridized carbons (Fsp3) is 0.429. The zero-order valence-electron chi connectivity index (χ0n) is 15.8. The van der Waals surface area contributed by atoms with E-state index in [1.54, 1.807) is 11.3 Å². The van der Waals surface area contributed by atoms with Crippen LogP contribution in [0.1, 0.15) is 37.9 Å². The number of benzene rings is 1. The first-order valence-electron chi connectivity index (χ1n) is 9.84. The minimum atomic E-state index is -3.04. The van der Waals surface area contributed by atoms with Crippen molar-refractivity contribution in [3.63, 3.8) is 0 Å². The van der Waals surface area contributed by atoms with Gasteiger partial charge in [0.15, 0.2) is 9.84 Å². The summed E-state index contributed by atoms with van der Waals surface area (Å²) >= 11 is 1.66. The lowest BCUT2D eigenvalue weighted by molar-refractivity contribution is 0.584. The maximum absolute atomic E-state index is 12.4. The molecule has 1 aliphatic heterocycles. The van der Waals surface area contributed by atoms with E-state index in [0.29, 0.717) is 25.4 Å². The number of thiophene rings is 1. The van der Waals surface area contributed by atoms with Crippen LogP contribution in [-0.2, 0) is 9.84 Å². The Kier molecular flexibility index (Phi) is 4.39. The highest BCUT2D eigenvalue weighted by Crippen LogP contribution is 2.43. The third-order valence-electron chi connectivity index (χ3n) is 5.82. The maximum Gasteiger partial charge on any atom is 0.154 e. The molecule has 2 aromatic heterocycles. The van der Waals surface area contributed by atoms with Crippen LogP contribution in [0.4, 0.5) is 5.82 Å². The van der Waals surface area contributed by atoms with Crippen LogP contribution < -0.4 is 4.90 Å². The first kappa shape index (κ1) is 18.1. The smallest absolute Gasteiger partial charge is 0.154 e. The summed E-state index contributed by atoms with van der Waals surface area (Å²) in [6, 6.07) is 10.3. The van der Waals surface area contributed by atoms with E-state index in [-0.39, 0.29) is 11.0 Å². The van der Waals surface area contributed by atoms with E-state index in [1.165, 1.54) is 0 Å². The molecule has 0 radical (unpaired) electrons. The molecule has 2 fully saturated rings. The molecule has 1 atom stereocenters. The van der Waals surface area contributed by atoms with Crippen molar-refractivity contribution in [2.24, 2.45) is 0 Å². The first-order valence-corrected chi connectivity index (χ1v) is 12.4. The monoisotopic (exact) mass is 413 g/mol. The maximum atomic E-state index is 12.4. The van der Waals surface area contributed by atoms with Gasteiger partial charge in [-0.05, 0) is 31.7 Å². The second kappa shape index (κ2) is 6.81. The molecule has 28 heavy (non-hydrogen) atoms. The molecule has 3 aromatic rings. The predicted octanol–water partition coefficient (Wildman–Crippen LogP) is 4.25. The van der Waals surface area contributed by atoms with Crippen molar-refractivity contribution >= 4 is 37.2 Å². The Balaban J connectivity index is 1.66. The van der Waals surface area contributed by atoms with Gasteiger partial charge in [-0.25, -0.2) is 18.4 Å². The van der Waals surface area contributed by atoms with Crippen molar-refractivity contribution < 1.29 is 8.42 Å². The molecule has 1 saturated heterocycles. The van der Waals surface area contributed by atoms with Gasteiger partial charge in [-0.15, -0.1) is 11.3 Å². The summed E-state index contributed by atoms with van der Waals surface area (Å²) in [6.07, 6.45) is 2.93. The highest BCUT2D eigenvalue weighted by atomic mass is 32.2. The number of nitrogens with zero attached hydrogens (tertiary/aromatic N) is 3. The standard InChI is InChI=1S/C21H23N3O2S2/c1-14-9-10-24(11-12-28(14,25)26)20-18-17(15-5-3-2-4-6-15)13-27-21(18)23-19(22-20)16-7-8-16/h2-6,13-14,16H,7-12H2,1H3/t14-/m1/s1. The van der Waals surface area contributed by atoms with E-state index in [0.717, 1.165) is 45.8 Å². The number of anilines is 1. The van der Waals surface area contributed by atoms with Gasteiger partial charge in [-0.2, -0.15) is 0 Å². The van der Waals surface area contributed by atoms with E-state index >= 15 is 0 Å². The minimum absolute atomic E-state index is 0.184. The molecule has 3 heterocycles. The van der Waals surface area contributed by atoms with Crippen LogP contribution in [0, 0.1) is 0 Å². The third-order valence-corrected chi connectivity index (χ3v) is 8.91. The second-order valence-electron chi connectivity index (χ2n) is 7.83. The zero-order valence-corrected chi connectivity index (χ0v) is 17.5. The van der Waals surface area contributed by atoms with E-state index in [1.807, 2.05) is 25.1 Å². The largest absolute Gasteiger partial charge is 0.355 e. The molecule has 0 spiro atoms. The Bertz CT molecular complexity index is 1120. The second-order valence-corrected chi connectivity index (χ2v) is 11.2. The van der Waals surface area contributed by atoms with Gasteiger partial charge in [0.2, 0.25) is 0 Å². The van der Waals surface area contributed by atoms with Crippen molar-refractivity contribution in [2.75, 3.05) is 23.7 Å². The number of hydrogen-bond donors (Lipinski definition) is 0. The quantitative estimate of drug-likeness (QED) is 0.642. The molecule has 2 aliphatic rings. The van der Waals surface area contributed by atoms with Gasteiger partial charge in [0.25, 0.3) is 0 Å². The van der Waals surface area contributed by atoms with Gasteiger partial charge in [0, 0.05) is 30.0 Å². The Morgan fingerprint density at radius 1 is 1.07 bits per heavy atom. The van der Waals surface area contributed by atoms with Gasteiger partial charge in [-0.3, -0.25) is 0 Å². The summed E-state index contributed by atoms with van der Waals surface area (Å²) in [7, 11) is -3.04. The van der Waals surface area contributed by atoms with E-state index < -0.39 is 9.84 Å². The molecule has 1 aliphatic carbocycles. The number of rotatable bonds is 3. The zero-order chi connectivity index (χ0) is 19.3. The summed E-state index contributed by atoms with van der Waals surface area (Å²) in [4.78, 5) is 13.0. The molecular weight excluding hydrogens is 390 g/mol. The van der Waals surface area contributed by atoms with E-state index in [4.69, 9.17) is 9.97 Å². The van der Waals surface area contributed by atoms with Crippen molar-refractivity contribution in [2.45, 2.75) is 37.4 Å². The highest BCUT2D eigenvalue weighted by Gasteiger charge is 2.32. The van der Waals surface area contributed by atoms with Crippen LogP contribution in [0.15, 0.2) is 35.7 Å². The lowest BCUT2D eigenvalue weighted by Gasteiger charge is -2.23. The summed E-state index contributed by atoms with van der Waals surface area (Å²) < 4.78 is 24.8. The Morgan fingerprint density at radius 3 is 2.61 bits per heavy atom. The fourth-order valence-electron chi connectivity index (χ4n) is 3.80. The molecule has 1 aromatic carbocycles. The molecule has 0 amide bonds. The fourth-order valence-corrected chi connectivity index (χ4v) is 6.09. The van der Waals surface area contributed by atoms with Gasteiger partial charge < -0.3 is 4.90 Å². The predicted molar refractivity (Wildman–Crippen MR) is 115 cm³/mol. The van der Waals surface area contributed by atoms with Crippen molar-refractivity contribution in [3.05, 3.63) is 41.5 Å². The molecule has 5 nitrogen and oxygen atoms in total. The van der Waals surface area contributed by atoms with Gasteiger partial charge >= 0.3 is 0 Å². The van der Waals surface area contributed by atoms with Crippen LogP contribution in [0.2, 0.25) is 0 Å². The first-order chi connectivity index (χ1) is 13.5. The van der Waals surface area contributed by atoms with Crippen molar-refractivity contribution in [1.29, 1.82) is 0 Å². The number of hydrogen-bond acceptors (Lipinski definition) is 6. The molecule has 1 saturated carbocycles. The van der Waals surface area contributed by atoms with Crippen molar-refractivity contribution in [3.8, 4) is 11.1 Å². The summed E-state index contributed by atoms with van der Waals surface area (Å²) in [6.45, 7) is 3.03. The lowest BCUT2D eigenvalue weighted by Crippen LogP contribution is -2.28. The summed E-state index contributed by atoms with van der Waals surface area (Å²) in [5.41, 5.74) is 2.28. The summed E-state index contributed by atoms with van der Waals surface area (Å²) in [5, 5.41) is 2.92.